The standard InChI is InChI=1S/C36H62O7.C10H20O.C7H8O3S.C6H8O7/c1-21(2)27-13-10-24(7)16-30(27)41-33(37)19-36(40,35(39)43-32-18-26(9)12-15-29(32)23(5)6)20-34(38)42-31-17-25(8)11-14-28(31)22(3)4;1-7(2)9-5-4-8(3)6-10(9)11;1-6-2-4-7(5-3-6)11(8,9)10;7-3(8)1-6(13,5(11)12)2-4(9)10/h21-32,40H,10-20H2,1-9H3;7-11H,4-6H2,1-3H3;2-5H,1H3,(H,8,9,10);13H,1-2H2,(H,7,8)(H,9,10)(H,11,12). The van der Waals surface area contributed by atoms with E-state index >= 15 is 0 Å². The molecule has 12 atom stereocenters. The van der Waals surface area contributed by atoms with E-state index < -0.39 is 82.8 Å². The highest BCUT2D eigenvalue weighted by atomic mass is 32.2. The molecule has 19 heteroatoms. The molecule has 4 aliphatic carbocycles. The largest absolute Gasteiger partial charge is 0.481 e. The van der Waals surface area contributed by atoms with Gasteiger partial charge in [-0.2, -0.15) is 8.42 Å². The van der Waals surface area contributed by atoms with Crippen molar-refractivity contribution >= 4 is 45.9 Å². The SMILES string of the molecule is CC1CCC(C(C)C)C(O)C1.CC1CCC(C(C)C)C(OC(=O)CC(O)(CC(=O)OC2CC(C)CCC2C(C)C)C(=O)OC2CC(C)CCC2C(C)C)C1.Cc1ccc(S(=O)(=O)O)cc1.O=C(O)CC(O)(CC(=O)O)C(=O)O. The molecule has 0 spiro atoms. The quantitative estimate of drug-likeness (QED) is 0.0408. The normalized spacial score (nSPS) is 28.3. The Morgan fingerprint density at radius 1 is 0.513 bits per heavy atom. The number of hydrogen-bond acceptors (Lipinski definition) is 14. The Morgan fingerprint density at radius 2 is 0.833 bits per heavy atom. The number of carboxylic acids is 3. The van der Waals surface area contributed by atoms with Crippen LogP contribution in [0.15, 0.2) is 29.2 Å². The molecule has 0 aliphatic heterocycles. The van der Waals surface area contributed by atoms with Crippen molar-refractivity contribution in [1.29, 1.82) is 0 Å². The molecule has 0 amide bonds. The van der Waals surface area contributed by atoms with Gasteiger partial charge in [0.2, 0.25) is 0 Å². The number of ether oxygens (including phenoxy) is 3. The van der Waals surface area contributed by atoms with E-state index in [2.05, 4.69) is 83.1 Å². The summed E-state index contributed by atoms with van der Waals surface area (Å²) in [6.07, 6.45) is 7.40. The number of aliphatic hydroxyl groups excluding tert-OH is 1. The van der Waals surface area contributed by atoms with Gasteiger partial charge in [0, 0.05) is 0 Å². The van der Waals surface area contributed by atoms with Crippen molar-refractivity contribution in [3.63, 3.8) is 0 Å². The van der Waals surface area contributed by atoms with Crippen LogP contribution in [0.3, 0.4) is 0 Å². The summed E-state index contributed by atoms with van der Waals surface area (Å²) in [6.45, 7) is 27.8. The van der Waals surface area contributed by atoms with Gasteiger partial charge in [-0.3, -0.25) is 23.7 Å². The van der Waals surface area contributed by atoms with Crippen LogP contribution in [-0.4, -0.2) is 115 Å². The van der Waals surface area contributed by atoms with Crippen molar-refractivity contribution < 1.29 is 86.6 Å². The number of hydrogen-bond donors (Lipinski definition) is 7. The van der Waals surface area contributed by atoms with Crippen LogP contribution in [0.2, 0.25) is 0 Å². The number of aliphatic carboxylic acids is 3. The highest BCUT2D eigenvalue weighted by molar-refractivity contribution is 7.85. The molecular weight excluding hydrogens is 1030 g/mol. The van der Waals surface area contributed by atoms with Crippen molar-refractivity contribution in [2.24, 2.45) is 71.0 Å². The van der Waals surface area contributed by atoms with Gasteiger partial charge in [-0.05, 0) is 141 Å². The second-order valence-corrected chi connectivity index (χ2v) is 26.4. The number of carbonyl (C=O) groups excluding carboxylic acids is 3. The lowest BCUT2D eigenvalue weighted by atomic mass is 9.75. The van der Waals surface area contributed by atoms with Crippen molar-refractivity contribution in [1.82, 2.24) is 0 Å². The van der Waals surface area contributed by atoms with Crippen LogP contribution in [0.1, 0.15) is 191 Å². The average Bonchev–Trinajstić information content (AvgIpc) is 3.28. The van der Waals surface area contributed by atoms with Crippen molar-refractivity contribution in [2.75, 3.05) is 0 Å². The molecule has 4 saturated carbocycles. The van der Waals surface area contributed by atoms with E-state index in [1.54, 1.807) is 12.1 Å². The summed E-state index contributed by atoms with van der Waals surface area (Å²) >= 11 is 0. The number of aliphatic hydroxyl groups is 3. The molecule has 78 heavy (non-hydrogen) atoms. The summed E-state index contributed by atoms with van der Waals surface area (Å²) in [5.74, 6) is -2.47. The van der Waals surface area contributed by atoms with Gasteiger partial charge in [0.05, 0.1) is 36.7 Å². The van der Waals surface area contributed by atoms with E-state index in [-0.39, 0.29) is 47.1 Å². The number of carbonyl (C=O) groups is 6. The van der Waals surface area contributed by atoms with Crippen molar-refractivity contribution in [3.8, 4) is 0 Å². The zero-order valence-electron chi connectivity index (χ0n) is 48.9. The maximum Gasteiger partial charge on any atom is 0.339 e. The fourth-order valence-corrected chi connectivity index (χ4v) is 12.2. The Balaban J connectivity index is 0.000000474. The second kappa shape index (κ2) is 31.7. The molecular formula is C59H98O18S. The van der Waals surface area contributed by atoms with E-state index in [4.69, 9.17) is 39.2 Å². The fraction of sp³-hybridized carbons (Fsp3) is 0.797. The molecule has 0 saturated heterocycles. The average molecular weight is 1130 g/mol. The van der Waals surface area contributed by atoms with Gasteiger partial charge in [0.15, 0.2) is 11.2 Å². The summed E-state index contributed by atoms with van der Waals surface area (Å²) in [5, 5.41) is 55.4. The molecule has 18 nitrogen and oxygen atoms in total. The van der Waals surface area contributed by atoms with E-state index in [1.807, 2.05) is 6.92 Å². The first-order chi connectivity index (χ1) is 36.0. The predicted octanol–water partition coefficient (Wildman–Crippen LogP) is 9.94. The summed E-state index contributed by atoms with van der Waals surface area (Å²) in [7, 11) is -4.02. The zero-order valence-corrected chi connectivity index (χ0v) is 49.7. The summed E-state index contributed by atoms with van der Waals surface area (Å²) in [4.78, 5) is 71.1. The van der Waals surface area contributed by atoms with Crippen LogP contribution in [0.4, 0.5) is 0 Å². The first-order valence-corrected chi connectivity index (χ1v) is 29.9. The molecule has 4 aliphatic rings. The molecule has 5 rings (SSSR count). The minimum atomic E-state index is -4.02. The maximum atomic E-state index is 13.8. The molecule has 7 N–H and O–H groups in total. The second-order valence-electron chi connectivity index (χ2n) is 25.0. The van der Waals surface area contributed by atoms with Crippen LogP contribution in [-0.2, 0) is 53.1 Å². The Hall–Kier alpha value is -4.17. The Bertz CT molecular complexity index is 2110. The van der Waals surface area contributed by atoms with Crippen LogP contribution >= 0.6 is 0 Å². The van der Waals surface area contributed by atoms with Crippen LogP contribution < -0.4 is 0 Å². The number of rotatable bonds is 18. The van der Waals surface area contributed by atoms with E-state index in [0.29, 0.717) is 53.8 Å². The highest BCUT2D eigenvalue weighted by Crippen LogP contribution is 2.40. The Kier molecular flexibility index (Phi) is 28.4. The van der Waals surface area contributed by atoms with Crippen molar-refractivity contribution in [2.45, 2.75) is 233 Å². The topological polar surface area (TPSA) is 306 Å². The summed E-state index contributed by atoms with van der Waals surface area (Å²) < 4.78 is 47.5. The monoisotopic (exact) mass is 1130 g/mol. The molecule has 0 bridgehead atoms. The third-order valence-electron chi connectivity index (χ3n) is 16.6. The Morgan fingerprint density at radius 3 is 1.13 bits per heavy atom. The smallest absolute Gasteiger partial charge is 0.339 e. The number of carboxylic acid groups (broad SMARTS) is 3. The summed E-state index contributed by atoms with van der Waals surface area (Å²) in [6, 6.07) is 5.99. The maximum absolute atomic E-state index is 13.8. The van der Waals surface area contributed by atoms with Gasteiger partial charge >= 0.3 is 35.8 Å². The minimum Gasteiger partial charge on any atom is -0.481 e. The van der Waals surface area contributed by atoms with Gasteiger partial charge in [-0.15, -0.1) is 0 Å². The minimum absolute atomic E-state index is 0.0289. The lowest BCUT2D eigenvalue weighted by molar-refractivity contribution is -0.190. The first-order valence-electron chi connectivity index (χ1n) is 28.4. The number of aryl methyl sites for hydroxylation is 1. The molecule has 448 valence electrons. The lowest BCUT2D eigenvalue weighted by Gasteiger charge is -2.39. The third kappa shape index (κ3) is 23.5. The van der Waals surface area contributed by atoms with Gasteiger partial charge < -0.3 is 44.8 Å². The van der Waals surface area contributed by atoms with Gasteiger partial charge in [-0.25, -0.2) is 9.59 Å². The van der Waals surface area contributed by atoms with Gasteiger partial charge in [0.1, 0.15) is 18.3 Å². The van der Waals surface area contributed by atoms with Crippen LogP contribution in [0.25, 0.3) is 0 Å². The number of esters is 3. The molecule has 12 unspecified atom stereocenters. The molecule has 4 fully saturated rings. The van der Waals surface area contributed by atoms with Gasteiger partial charge in [-0.1, -0.05) is 126 Å². The van der Waals surface area contributed by atoms with E-state index in [0.717, 1.165) is 69.3 Å². The lowest BCUT2D eigenvalue weighted by Crippen LogP contribution is -2.49. The van der Waals surface area contributed by atoms with Crippen LogP contribution in [0.5, 0.6) is 0 Å². The molecule has 1 aromatic carbocycles. The molecule has 0 heterocycles. The molecule has 0 radical (unpaired) electrons. The first kappa shape index (κ1) is 69.9. The zero-order chi connectivity index (χ0) is 59.6. The predicted molar refractivity (Wildman–Crippen MR) is 293 cm³/mol. The van der Waals surface area contributed by atoms with Gasteiger partial charge in [0.25, 0.3) is 10.1 Å². The molecule has 1 aromatic rings. The van der Waals surface area contributed by atoms with Crippen molar-refractivity contribution in [3.05, 3.63) is 29.8 Å². The third-order valence-corrected chi connectivity index (χ3v) is 17.4. The summed E-state index contributed by atoms with van der Waals surface area (Å²) in [5.41, 5.74) is -4.13. The Labute approximate surface area is 464 Å². The fourth-order valence-electron chi connectivity index (χ4n) is 11.7. The molecule has 0 aromatic heterocycles. The van der Waals surface area contributed by atoms with E-state index in [1.165, 1.54) is 25.0 Å². The van der Waals surface area contributed by atoms with E-state index in [9.17, 15) is 47.4 Å². The number of benzene rings is 1. The highest BCUT2D eigenvalue weighted by Gasteiger charge is 2.48. The van der Waals surface area contributed by atoms with Crippen LogP contribution in [0, 0.1) is 77.9 Å².